The number of amides is 1. The number of aromatic nitrogens is 3. The maximum Gasteiger partial charge on any atom is 0.340 e. The van der Waals surface area contributed by atoms with Gasteiger partial charge in [0.05, 0.1) is 5.56 Å². The van der Waals surface area contributed by atoms with E-state index in [-0.39, 0.29) is 18.3 Å². The number of ether oxygens (including phenoxy) is 1. The van der Waals surface area contributed by atoms with Crippen molar-refractivity contribution in [3.63, 3.8) is 0 Å². The van der Waals surface area contributed by atoms with Crippen molar-refractivity contribution in [1.29, 1.82) is 0 Å². The van der Waals surface area contributed by atoms with Crippen LogP contribution in [0.5, 0.6) is 0 Å². The van der Waals surface area contributed by atoms with Crippen LogP contribution in [0.1, 0.15) is 32.7 Å². The average Bonchev–Trinajstić information content (AvgIpc) is 3.13. The molecule has 0 unspecified atom stereocenters. The number of benzene rings is 1. The average molecular weight is 350 g/mol. The normalized spacial score (nSPS) is 13.2. The van der Waals surface area contributed by atoms with Crippen molar-refractivity contribution in [3.8, 4) is 0 Å². The van der Waals surface area contributed by atoms with E-state index in [0.717, 1.165) is 11.3 Å². The summed E-state index contributed by atoms with van der Waals surface area (Å²) in [6, 6.07) is 8.25. The standard InChI is InChI=1S/C18H14N4O4/c23-15(12-1-4-14-11(7-12)3-6-17(24)20-14)9-26-18(25)13-2-5-16-21-19-10-22(16)8-13/h1-2,4-5,7-8,10H,3,6,9H2,(H,20,24). The second-order valence-corrected chi connectivity index (χ2v) is 5.93. The molecule has 0 radical (unpaired) electrons. The van der Waals surface area contributed by atoms with Gasteiger partial charge in [-0.2, -0.15) is 0 Å². The number of anilines is 1. The summed E-state index contributed by atoms with van der Waals surface area (Å²) in [6.07, 6.45) is 4.00. The number of Topliss-reactive ketones (excluding diaryl/α,β-unsaturated/α-hetero) is 1. The van der Waals surface area contributed by atoms with Gasteiger partial charge >= 0.3 is 5.97 Å². The number of fused-ring (bicyclic) bond motifs is 2. The second kappa shape index (κ2) is 6.40. The Bertz CT molecular complexity index is 1040. The van der Waals surface area contributed by atoms with Crippen LogP contribution in [0.15, 0.2) is 42.9 Å². The van der Waals surface area contributed by atoms with Gasteiger partial charge in [0.1, 0.15) is 6.33 Å². The molecular formula is C18H14N4O4. The number of nitrogens with one attached hydrogen (secondary N) is 1. The molecule has 0 aliphatic carbocycles. The van der Waals surface area contributed by atoms with Crippen LogP contribution in [0.4, 0.5) is 5.69 Å². The molecule has 1 aliphatic heterocycles. The van der Waals surface area contributed by atoms with Gasteiger partial charge in [0, 0.05) is 23.9 Å². The minimum Gasteiger partial charge on any atom is -0.454 e. The topological polar surface area (TPSA) is 103 Å². The van der Waals surface area contributed by atoms with Gasteiger partial charge in [-0.25, -0.2) is 4.79 Å². The van der Waals surface area contributed by atoms with Gasteiger partial charge in [-0.05, 0) is 42.3 Å². The number of carbonyl (C=O) groups is 3. The molecule has 130 valence electrons. The summed E-state index contributed by atoms with van der Waals surface area (Å²) in [5.41, 5.74) is 2.98. The number of hydrogen-bond donors (Lipinski definition) is 1. The zero-order valence-electron chi connectivity index (χ0n) is 13.6. The molecule has 3 heterocycles. The number of carbonyl (C=O) groups excluding carboxylic acids is 3. The van der Waals surface area contributed by atoms with Crippen LogP contribution >= 0.6 is 0 Å². The van der Waals surface area contributed by atoms with Crippen molar-refractivity contribution in [3.05, 3.63) is 59.5 Å². The van der Waals surface area contributed by atoms with Crippen LogP contribution in [0.3, 0.4) is 0 Å². The maximum atomic E-state index is 12.3. The van der Waals surface area contributed by atoms with Crippen molar-refractivity contribution < 1.29 is 19.1 Å². The van der Waals surface area contributed by atoms with E-state index in [2.05, 4.69) is 15.5 Å². The first kappa shape index (κ1) is 15.9. The third-order valence-corrected chi connectivity index (χ3v) is 4.18. The molecule has 0 saturated carbocycles. The Kier molecular flexibility index (Phi) is 3.92. The van der Waals surface area contributed by atoms with E-state index in [1.54, 1.807) is 40.9 Å². The first-order valence-corrected chi connectivity index (χ1v) is 8.03. The Morgan fingerprint density at radius 1 is 1.15 bits per heavy atom. The molecule has 1 amide bonds. The van der Waals surface area contributed by atoms with Gasteiger partial charge in [0.15, 0.2) is 18.0 Å². The van der Waals surface area contributed by atoms with Crippen LogP contribution in [0.25, 0.3) is 5.65 Å². The number of hydrogen-bond acceptors (Lipinski definition) is 6. The smallest absolute Gasteiger partial charge is 0.340 e. The van der Waals surface area contributed by atoms with Crippen molar-refractivity contribution in [2.24, 2.45) is 0 Å². The Morgan fingerprint density at radius 3 is 2.88 bits per heavy atom. The molecule has 1 N–H and O–H groups in total. The number of esters is 1. The van der Waals surface area contributed by atoms with Crippen LogP contribution in [0, 0.1) is 0 Å². The zero-order valence-corrected chi connectivity index (χ0v) is 13.6. The van der Waals surface area contributed by atoms with E-state index in [9.17, 15) is 14.4 Å². The molecule has 1 aromatic carbocycles. The summed E-state index contributed by atoms with van der Waals surface area (Å²) in [4.78, 5) is 35.8. The number of pyridine rings is 1. The predicted molar refractivity (Wildman–Crippen MR) is 91.0 cm³/mol. The number of aryl methyl sites for hydroxylation is 1. The quantitative estimate of drug-likeness (QED) is 0.567. The van der Waals surface area contributed by atoms with E-state index in [1.165, 1.54) is 6.33 Å². The van der Waals surface area contributed by atoms with Crippen molar-refractivity contribution >= 4 is 29.0 Å². The first-order chi connectivity index (χ1) is 12.6. The second-order valence-electron chi connectivity index (χ2n) is 5.93. The third kappa shape index (κ3) is 3.04. The van der Waals surface area contributed by atoms with E-state index in [0.29, 0.717) is 29.6 Å². The largest absolute Gasteiger partial charge is 0.454 e. The highest BCUT2D eigenvalue weighted by Gasteiger charge is 2.18. The molecule has 0 saturated heterocycles. The number of nitrogens with zero attached hydrogens (tertiary/aromatic N) is 3. The van der Waals surface area contributed by atoms with Crippen molar-refractivity contribution in [1.82, 2.24) is 14.6 Å². The van der Waals surface area contributed by atoms with Crippen LogP contribution in [0.2, 0.25) is 0 Å². The van der Waals surface area contributed by atoms with Crippen molar-refractivity contribution in [2.45, 2.75) is 12.8 Å². The third-order valence-electron chi connectivity index (χ3n) is 4.18. The molecule has 4 rings (SSSR count). The molecular weight excluding hydrogens is 336 g/mol. The molecule has 0 atom stereocenters. The summed E-state index contributed by atoms with van der Waals surface area (Å²) in [6.45, 7) is -0.357. The van der Waals surface area contributed by atoms with E-state index in [4.69, 9.17) is 4.74 Å². The molecule has 26 heavy (non-hydrogen) atoms. The highest BCUT2D eigenvalue weighted by Crippen LogP contribution is 2.23. The summed E-state index contributed by atoms with van der Waals surface area (Å²) in [5.74, 6) is -0.932. The van der Waals surface area contributed by atoms with Gasteiger partial charge < -0.3 is 10.1 Å². The van der Waals surface area contributed by atoms with Crippen LogP contribution in [-0.4, -0.2) is 38.9 Å². The molecule has 8 nitrogen and oxygen atoms in total. The fraction of sp³-hybridized carbons (Fsp3) is 0.167. The monoisotopic (exact) mass is 350 g/mol. The summed E-state index contributed by atoms with van der Waals surface area (Å²) < 4.78 is 6.71. The zero-order chi connectivity index (χ0) is 18.1. The van der Waals surface area contributed by atoms with Gasteiger partial charge in [-0.1, -0.05) is 0 Å². The fourth-order valence-electron chi connectivity index (χ4n) is 2.80. The highest BCUT2D eigenvalue weighted by molar-refractivity contribution is 6.01. The Labute approximate surface area is 147 Å². The SMILES string of the molecule is O=C1CCc2cc(C(=O)COC(=O)c3ccc4nncn4c3)ccc2N1. The lowest BCUT2D eigenvalue weighted by molar-refractivity contribution is -0.116. The predicted octanol–water partition coefficient (Wildman–Crippen LogP) is 1.65. The molecule has 0 spiro atoms. The van der Waals surface area contributed by atoms with E-state index >= 15 is 0 Å². The van der Waals surface area contributed by atoms with Gasteiger partial charge in [-0.3, -0.25) is 14.0 Å². The molecule has 0 fully saturated rings. The Hall–Kier alpha value is -3.55. The summed E-state index contributed by atoms with van der Waals surface area (Å²) in [7, 11) is 0. The minimum atomic E-state index is -0.598. The lowest BCUT2D eigenvalue weighted by Crippen LogP contribution is -2.20. The van der Waals surface area contributed by atoms with Crippen molar-refractivity contribution in [2.75, 3.05) is 11.9 Å². The molecule has 3 aromatic rings. The summed E-state index contributed by atoms with van der Waals surface area (Å²) >= 11 is 0. The molecule has 8 heteroatoms. The van der Waals surface area contributed by atoms with Crippen LogP contribution in [-0.2, 0) is 16.0 Å². The minimum absolute atomic E-state index is 0.0319. The Morgan fingerprint density at radius 2 is 2.00 bits per heavy atom. The fourth-order valence-corrected chi connectivity index (χ4v) is 2.80. The van der Waals surface area contributed by atoms with Gasteiger partial charge in [0.2, 0.25) is 5.91 Å². The lowest BCUT2D eigenvalue weighted by Gasteiger charge is -2.17. The van der Waals surface area contributed by atoms with Gasteiger partial charge in [0.25, 0.3) is 0 Å². The first-order valence-electron chi connectivity index (χ1n) is 8.03. The molecule has 2 aromatic heterocycles. The van der Waals surface area contributed by atoms with E-state index < -0.39 is 5.97 Å². The van der Waals surface area contributed by atoms with E-state index in [1.807, 2.05) is 0 Å². The number of rotatable bonds is 4. The lowest BCUT2D eigenvalue weighted by atomic mass is 9.99. The maximum absolute atomic E-state index is 12.3. The Balaban J connectivity index is 1.43. The summed E-state index contributed by atoms with van der Waals surface area (Å²) in [5, 5.41) is 10.4. The van der Waals surface area contributed by atoms with Crippen LogP contribution < -0.4 is 5.32 Å². The highest BCUT2D eigenvalue weighted by atomic mass is 16.5. The van der Waals surface area contributed by atoms with Gasteiger partial charge in [-0.15, -0.1) is 10.2 Å². The number of ketones is 1. The molecule has 0 bridgehead atoms. The molecule has 1 aliphatic rings.